The Bertz CT molecular complexity index is 2090. The van der Waals surface area contributed by atoms with Gasteiger partial charge in [0.2, 0.25) is 0 Å². The molecule has 0 radical (unpaired) electrons. The maximum Gasteiger partial charge on any atom is 0.338 e. The third kappa shape index (κ3) is 7.76. The second-order valence-electron chi connectivity index (χ2n) is 13.1. The van der Waals surface area contributed by atoms with E-state index in [1.54, 1.807) is 37.3 Å². The van der Waals surface area contributed by atoms with Gasteiger partial charge in [-0.05, 0) is 52.3 Å². The molecule has 0 aliphatic heterocycles. The predicted octanol–water partition coefficient (Wildman–Crippen LogP) is 8.37. The van der Waals surface area contributed by atoms with Crippen LogP contribution in [-0.2, 0) is 9.47 Å². The number of aromatic nitrogens is 6. The highest BCUT2D eigenvalue weighted by molar-refractivity contribution is 6.03. The van der Waals surface area contributed by atoms with E-state index in [2.05, 4.69) is 30.4 Å². The fourth-order valence-electron chi connectivity index (χ4n) is 5.95. The van der Waals surface area contributed by atoms with E-state index in [0.29, 0.717) is 52.8 Å². The van der Waals surface area contributed by atoms with Crippen molar-refractivity contribution in [1.29, 1.82) is 0 Å². The molecule has 10 nitrogen and oxygen atoms in total. The van der Waals surface area contributed by atoms with Crippen molar-refractivity contribution in [3.63, 3.8) is 0 Å². The van der Waals surface area contributed by atoms with Crippen molar-refractivity contribution in [1.82, 2.24) is 30.4 Å². The Morgan fingerprint density at radius 3 is 1.68 bits per heavy atom. The van der Waals surface area contributed by atoms with Gasteiger partial charge in [-0.3, -0.25) is 15.0 Å². The average molecular weight is 669 g/mol. The zero-order chi connectivity index (χ0) is 35.3. The molecule has 6 rings (SSSR count). The summed E-state index contributed by atoms with van der Waals surface area (Å²) < 4.78 is 12.4. The molecular weight excluding hydrogens is 628 g/mol. The van der Waals surface area contributed by atoms with Crippen LogP contribution in [0.3, 0.4) is 0 Å². The number of ether oxygens (including phenoxy) is 2. The third-order valence-corrected chi connectivity index (χ3v) is 8.57. The maximum atomic E-state index is 13.9. The first-order valence-corrected chi connectivity index (χ1v) is 16.7. The Morgan fingerprint density at radius 1 is 0.680 bits per heavy atom. The van der Waals surface area contributed by atoms with Gasteiger partial charge in [-0.25, -0.2) is 14.8 Å². The number of nitrogens with zero attached hydrogens (tertiary/aromatic N) is 4. The van der Waals surface area contributed by atoms with Crippen LogP contribution in [0.15, 0.2) is 109 Å². The third-order valence-electron chi connectivity index (χ3n) is 8.57. The highest BCUT2D eigenvalue weighted by atomic mass is 16.6. The van der Waals surface area contributed by atoms with E-state index in [4.69, 9.17) is 9.47 Å². The second kappa shape index (κ2) is 14.4. The Hall–Kier alpha value is -5.74. The Balaban J connectivity index is 1.10. The van der Waals surface area contributed by atoms with Crippen molar-refractivity contribution >= 4 is 11.8 Å². The predicted molar refractivity (Wildman–Crippen MR) is 192 cm³/mol. The summed E-state index contributed by atoms with van der Waals surface area (Å²) >= 11 is 0. The van der Waals surface area contributed by atoms with Gasteiger partial charge in [-0.15, -0.1) is 0 Å². The lowest BCUT2D eigenvalue weighted by Gasteiger charge is -2.34. The number of benzene rings is 4. The van der Waals surface area contributed by atoms with Gasteiger partial charge in [0, 0.05) is 34.2 Å². The van der Waals surface area contributed by atoms with Crippen LogP contribution in [0.4, 0.5) is 0 Å². The van der Waals surface area contributed by atoms with E-state index >= 15 is 0 Å². The molecule has 2 aromatic heterocycles. The van der Waals surface area contributed by atoms with Gasteiger partial charge in [-0.1, -0.05) is 97.9 Å². The fourth-order valence-corrected chi connectivity index (χ4v) is 5.95. The summed E-state index contributed by atoms with van der Waals surface area (Å²) in [6.07, 6.45) is 0.403. The molecule has 254 valence electrons. The molecule has 0 saturated carbocycles. The van der Waals surface area contributed by atoms with Crippen molar-refractivity contribution in [2.75, 3.05) is 0 Å². The minimum atomic E-state index is -1.11. The molecule has 2 atom stereocenters. The molecule has 50 heavy (non-hydrogen) atoms. The summed E-state index contributed by atoms with van der Waals surface area (Å²) in [6, 6.07) is 33.7. The zero-order valence-corrected chi connectivity index (χ0v) is 28.8. The number of esters is 1. The molecule has 2 N–H and O–H groups in total. The number of hydrogen-bond acceptors (Lipinski definition) is 8. The van der Waals surface area contributed by atoms with E-state index in [9.17, 15) is 9.59 Å². The minimum absolute atomic E-state index is 0.147. The van der Waals surface area contributed by atoms with Crippen molar-refractivity contribution < 1.29 is 19.1 Å². The molecule has 2 unspecified atom stereocenters. The second-order valence-corrected chi connectivity index (χ2v) is 13.1. The average Bonchev–Trinajstić information content (AvgIpc) is 3.83. The van der Waals surface area contributed by atoms with E-state index in [0.717, 1.165) is 16.7 Å². The molecule has 0 amide bonds. The van der Waals surface area contributed by atoms with Gasteiger partial charge in [0.1, 0.15) is 11.2 Å². The highest BCUT2D eigenvalue weighted by Crippen LogP contribution is 2.30. The monoisotopic (exact) mass is 668 g/mol. The Kier molecular flexibility index (Phi) is 9.83. The van der Waals surface area contributed by atoms with Crippen LogP contribution in [0.25, 0.3) is 45.6 Å². The molecule has 0 bridgehead atoms. The molecule has 10 heteroatoms. The summed E-state index contributed by atoms with van der Waals surface area (Å²) in [4.78, 5) is 36.5. The standard InChI is InChI=1S/C40H40N6O4/c1-6-40(5,33(47)29-19-13-20-30(23-29)36-41-34(43-45-36)27-15-9-7-10-16-27)49-26(2)25-39(3,4)50-38(48)32-22-14-21-31(24-32)37-42-35(44-46-37)28-17-11-8-12-18-28/h7-24,26H,6,25H2,1-5H3,(H,41,43,45)(H,42,44,46). The summed E-state index contributed by atoms with van der Waals surface area (Å²) in [6.45, 7) is 9.30. The number of nitrogens with one attached hydrogen (secondary N) is 2. The van der Waals surface area contributed by atoms with Crippen LogP contribution in [0.5, 0.6) is 0 Å². The lowest BCUT2D eigenvalue weighted by atomic mass is 9.90. The summed E-state index contributed by atoms with van der Waals surface area (Å²) in [5.41, 5.74) is 2.14. The smallest absolute Gasteiger partial charge is 0.338 e. The van der Waals surface area contributed by atoms with Crippen LogP contribution in [0.2, 0.25) is 0 Å². The number of hydrogen-bond donors (Lipinski definition) is 2. The molecule has 0 spiro atoms. The van der Waals surface area contributed by atoms with Crippen LogP contribution >= 0.6 is 0 Å². The number of Topliss-reactive ketones (excluding diaryl/α,β-unsaturated/α-hetero) is 1. The quantitative estimate of drug-likeness (QED) is 0.0926. The van der Waals surface area contributed by atoms with Crippen LogP contribution in [0, 0.1) is 0 Å². The molecule has 0 aliphatic rings. The number of rotatable bonds is 13. The lowest BCUT2D eigenvalue weighted by molar-refractivity contribution is -0.0869. The maximum absolute atomic E-state index is 13.9. The normalized spacial score (nSPS) is 13.4. The summed E-state index contributed by atoms with van der Waals surface area (Å²) in [5.74, 6) is 1.65. The minimum Gasteiger partial charge on any atom is -0.456 e. The van der Waals surface area contributed by atoms with Gasteiger partial charge in [0.25, 0.3) is 0 Å². The fraction of sp³-hybridized carbons (Fsp3) is 0.250. The first-order chi connectivity index (χ1) is 24.0. The SMILES string of the molecule is CCC(C)(OC(C)CC(C)(C)OC(=O)c1cccc(-c2nc(-c3ccccc3)n[nH]2)c1)C(=O)c1cccc(-c2nc(-c3ccccc3)n[nH]2)c1. The van der Waals surface area contributed by atoms with E-state index < -0.39 is 23.3 Å². The van der Waals surface area contributed by atoms with Gasteiger partial charge < -0.3 is 9.47 Å². The van der Waals surface area contributed by atoms with Crippen molar-refractivity contribution in [2.45, 2.75) is 64.8 Å². The van der Waals surface area contributed by atoms with Crippen molar-refractivity contribution in [3.8, 4) is 45.6 Å². The lowest BCUT2D eigenvalue weighted by Crippen LogP contribution is -2.43. The topological polar surface area (TPSA) is 136 Å². The van der Waals surface area contributed by atoms with Gasteiger partial charge in [-0.2, -0.15) is 10.2 Å². The number of H-pyrrole nitrogens is 2. The summed E-state index contributed by atoms with van der Waals surface area (Å²) in [7, 11) is 0. The largest absolute Gasteiger partial charge is 0.456 e. The number of ketones is 1. The number of carbonyl (C=O) groups excluding carboxylic acids is 2. The molecule has 0 fully saturated rings. The van der Waals surface area contributed by atoms with Crippen LogP contribution in [0.1, 0.15) is 68.2 Å². The van der Waals surface area contributed by atoms with Gasteiger partial charge >= 0.3 is 5.97 Å². The van der Waals surface area contributed by atoms with Crippen molar-refractivity contribution in [3.05, 3.63) is 120 Å². The molecule has 6 aromatic rings. The molecular formula is C40H40N6O4. The molecule has 0 aliphatic carbocycles. The molecule has 2 heterocycles. The van der Waals surface area contributed by atoms with Gasteiger partial charge in [0.05, 0.1) is 11.7 Å². The zero-order valence-electron chi connectivity index (χ0n) is 28.8. The summed E-state index contributed by atoms with van der Waals surface area (Å²) in [5, 5.41) is 14.6. The first-order valence-electron chi connectivity index (χ1n) is 16.7. The molecule has 0 saturated heterocycles. The highest BCUT2D eigenvalue weighted by Gasteiger charge is 2.37. The van der Waals surface area contributed by atoms with Crippen molar-refractivity contribution in [2.24, 2.45) is 0 Å². The Morgan fingerprint density at radius 2 is 1.16 bits per heavy atom. The number of carbonyl (C=O) groups is 2. The van der Waals surface area contributed by atoms with E-state index in [1.807, 2.05) is 107 Å². The van der Waals surface area contributed by atoms with E-state index in [-0.39, 0.29) is 5.78 Å². The van der Waals surface area contributed by atoms with Crippen LogP contribution < -0.4 is 0 Å². The first kappa shape index (κ1) is 34.1. The van der Waals surface area contributed by atoms with E-state index in [1.165, 1.54) is 0 Å². The number of aromatic amines is 2. The van der Waals surface area contributed by atoms with Crippen LogP contribution in [-0.4, -0.2) is 59.4 Å². The van der Waals surface area contributed by atoms with Gasteiger partial charge in [0.15, 0.2) is 29.1 Å². The molecule has 4 aromatic carbocycles. The Labute approximate surface area is 291 Å².